The Balaban J connectivity index is 1.77. The van der Waals surface area contributed by atoms with E-state index in [0.29, 0.717) is 22.2 Å². The highest BCUT2D eigenvalue weighted by atomic mass is 35.5. The van der Waals surface area contributed by atoms with Crippen molar-refractivity contribution in [1.82, 2.24) is 9.88 Å². The van der Waals surface area contributed by atoms with E-state index in [0.717, 1.165) is 6.07 Å². The Bertz CT molecular complexity index is 1080. The lowest BCUT2D eigenvalue weighted by Crippen LogP contribution is -2.27. The second-order valence-corrected chi connectivity index (χ2v) is 7.05. The van der Waals surface area contributed by atoms with Crippen LogP contribution in [-0.2, 0) is 17.8 Å². The number of benzene rings is 2. The molecule has 1 aromatic heterocycles. The van der Waals surface area contributed by atoms with E-state index in [9.17, 15) is 18.4 Å². The van der Waals surface area contributed by atoms with Crippen LogP contribution in [0.15, 0.2) is 60.9 Å². The van der Waals surface area contributed by atoms with Gasteiger partial charge in [0, 0.05) is 37.1 Å². The molecular weight excluding hydrogens is 412 g/mol. The summed E-state index contributed by atoms with van der Waals surface area (Å²) in [6.45, 7) is 0.138. The third-order valence-corrected chi connectivity index (χ3v) is 4.76. The van der Waals surface area contributed by atoms with Crippen LogP contribution in [0.25, 0.3) is 0 Å². The summed E-state index contributed by atoms with van der Waals surface area (Å²) in [6, 6.07) is 11.8. The van der Waals surface area contributed by atoms with Crippen LogP contribution in [0.5, 0.6) is 0 Å². The van der Waals surface area contributed by atoms with Gasteiger partial charge in [-0.2, -0.15) is 0 Å². The van der Waals surface area contributed by atoms with Crippen LogP contribution in [0.2, 0.25) is 5.02 Å². The first kappa shape index (κ1) is 21.4. The van der Waals surface area contributed by atoms with Gasteiger partial charge in [0.05, 0.1) is 17.7 Å². The number of rotatable bonds is 6. The molecule has 0 fully saturated rings. The molecule has 2 amide bonds. The van der Waals surface area contributed by atoms with Crippen LogP contribution in [0.4, 0.5) is 14.5 Å². The van der Waals surface area contributed by atoms with Gasteiger partial charge in [-0.05, 0) is 35.4 Å². The summed E-state index contributed by atoms with van der Waals surface area (Å²) < 4.78 is 28.5. The average Bonchev–Trinajstić information content (AvgIpc) is 2.72. The highest BCUT2D eigenvalue weighted by Crippen LogP contribution is 2.23. The molecule has 0 bridgehead atoms. The fourth-order valence-electron chi connectivity index (χ4n) is 2.85. The standard InChI is InChI=1S/C22H18ClF2N3O2/c1-28(13-15-4-2-3-5-17(15)23)22(30)16-11-20(19(25)12-18(16)24)27-21(29)10-14-6-8-26-9-7-14/h2-9,11-12H,10,13H2,1H3,(H,27,29). The molecule has 0 aliphatic heterocycles. The van der Waals surface area contributed by atoms with Crippen LogP contribution in [0.1, 0.15) is 21.5 Å². The number of hydrogen-bond acceptors (Lipinski definition) is 3. The van der Waals surface area contributed by atoms with E-state index in [1.165, 1.54) is 24.3 Å². The molecule has 8 heteroatoms. The van der Waals surface area contributed by atoms with Crippen molar-refractivity contribution in [3.8, 4) is 0 Å². The minimum absolute atomic E-state index is 0.0188. The molecule has 0 aliphatic carbocycles. The molecule has 0 saturated heterocycles. The first-order valence-electron chi connectivity index (χ1n) is 9.02. The first-order chi connectivity index (χ1) is 14.3. The van der Waals surface area contributed by atoms with Crippen molar-refractivity contribution in [2.45, 2.75) is 13.0 Å². The normalized spacial score (nSPS) is 10.5. The summed E-state index contributed by atoms with van der Waals surface area (Å²) in [5, 5.41) is 2.86. The number of carbonyl (C=O) groups excluding carboxylic acids is 2. The molecule has 0 atom stereocenters. The van der Waals surface area contributed by atoms with Crippen molar-refractivity contribution >= 4 is 29.1 Å². The Hall–Kier alpha value is -3.32. The van der Waals surface area contributed by atoms with Crippen LogP contribution in [-0.4, -0.2) is 28.7 Å². The highest BCUT2D eigenvalue weighted by Gasteiger charge is 2.21. The smallest absolute Gasteiger partial charge is 0.256 e. The molecule has 0 spiro atoms. The van der Waals surface area contributed by atoms with Crippen LogP contribution < -0.4 is 5.32 Å². The number of halogens is 3. The number of amides is 2. The summed E-state index contributed by atoms with van der Waals surface area (Å²) in [5.74, 6) is -3.16. The third kappa shape index (κ3) is 5.18. The monoisotopic (exact) mass is 429 g/mol. The van der Waals surface area contributed by atoms with Gasteiger partial charge in [0.1, 0.15) is 11.6 Å². The largest absolute Gasteiger partial charge is 0.337 e. The molecular formula is C22H18ClF2N3O2. The molecule has 2 aromatic carbocycles. The zero-order valence-corrected chi connectivity index (χ0v) is 16.8. The first-order valence-corrected chi connectivity index (χ1v) is 9.39. The zero-order valence-electron chi connectivity index (χ0n) is 16.0. The maximum Gasteiger partial charge on any atom is 0.256 e. The molecule has 0 unspecified atom stereocenters. The number of nitrogens with zero attached hydrogens (tertiary/aromatic N) is 2. The number of anilines is 1. The lowest BCUT2D eigenvalue weighted by atomic mass is 10.1. The summed E-state index contributed by atoms with van der Waals surface area (Å²) in [7, 11) is 1.48. The maximum absolute atomic E-state index is 14.3. The molecule has 1 heterocycles. The van der Waals surface area contributed by atoms with E-state index >= 15 is 0 Å². The van der Waals surface area contributed by atoms with Gasteiger partial charge in [-0.3, -0.25) is 14.6 Å². The molecule has 3 rings (SSSR count). The van der Waals surface area contributed by atoms with Crippen molar-refractivity contribution < 1.29 is 18.4 Å². The molecule has 3 aromatic rings. The van der Waals surface area contributed by atoms with Gasteiger partial charge < -0.3 is 10.2 Å². The van der Waals surface area contributed by atoms with E-state index in [1.807, 2.05) is 0 Å². The lowest BCUT2D eigenvalue weighted by Gasteiger charge is -2.19. The minimum atomic E-state index is -1.02. The van der Waals surface area contributed by atoms with Crippen LogP contribution in [0.3, 0.4) is 0 Å². The molecule has 0 aliphatic rings. The van der Waals surface area contributed by atoms with Crippen molar-refractivity contribution in [2.24, 2.45) is 0 Å². The average molecular weight is 430 g/mol. The molecule has 5 nitrogen and oxygen atoms in total. The van der Waals surface area contributed by atoms with Gasteiger partial charge in [-0.25, -0.2) is 8.78 Å². The SMILES string of the molecule is CN(Cc1ccccc1Cl)C(=O)c1cc(NC(=O)Cc2ccncc2)c(F)cc1F. The lowest BCUT2D eigenvalue weighted by molar-refractivity contribution is -0.115. The van der Waals surface area contributed by atoms with E-state index in [2.05, 4.69) is 10.3 Å². The Kier molecular flexibility index (Phi) is 6.74. The van der Waals surface area contributed by atoms with Crippen molar-refractivity contribution in [3.63, 3.8) is 0 Å². The summed E-state index contributed by atoms with van der Waals surface area (Å²) in [6.07, 6.45) is 3.05. The van der Waals surface area contributed by atoms with Crippen LogP contribution >= 0.6 is 11.6 Å². The number of aromatic nitrogens is 1. The highest BCUT2D eigenvalue weighted by molar-refractivity contribution is 6.31. The second-order valence-electron chi connectivity index (χ2n) is 6.64. The topological polar surface area (TPSA) is 62.3 Å². The van der Waals surface area contributed by atoms with Crippen LogP contribution in [0, 0.1) is 11.6 Å². The third-order valence-electron chi connectivity index (χ3n) is 4.39. The summed E-state index contributed by atoms with van der Waals surface area (Å²) in [5.41, 5.74) is 0.735. The minimum Gasteiger partial charge on any atom is -0.337 e. The molecule has 30 heavy (non-hydrogen) atoms. The quantitative estimate of drug-likeness (QED) is 0.629. The van der Waals surface area contributed by atoms with Crippen molar-refractivity contribution in [2.75, 3.05) is 12.4 Å². The molecule has 1 N–H and O–H groups in total. The predicted molar refractivity (Wildman–Crippen MR) is 110 cm³/mol. The van der Waals surface area contributed by atoms with Gasteiger partial charge >= 0.3 is 0 Å². The van der Waals surface area contributed by atoms with Gasteiger partial charge in [0.25, 0.3) is 5.91 Å². The van der Waals surface area contributed by atoms with Gasteiger partial charge in [-0.15, -0.1) is 0 Å². The predicted octanol–water partition coefficient (Wildman–Crippen LogP) is 4.47. The molecule has 154 valence electrons. The van der Waals surface area contributed by atoms with E-state index in [1.54, 1.807) is 36.4 Å². The summed E-state index contributed by atoms with van der Waals surface area (Å²) in [4.78, 5) is 30.1. The number of carbonyl (C=O) groups is 2. The fourth-order valence-corrected chi connectivity index (χ4v) is 3.04. The van der Waals surface area contributed by atoms with E-state index in [-0.39, 0.29) is 24.2 Å². The summed E-state index contributed by atoms with van der Waals surface area (Å²) >= 11 is 6.11. The number of pyridine rings is 1. The van der Waals surface area contributed by atoms with E-state index < -0.39 is 23.4 Å². The Morgan fingerprint density at radius 2 is 1.77 bits per heavy atom. The van der Waals surface area contributed by atoms with Crippen molar-refractivity contribution in [3.05, 3.63) is 94.3 Å². The number of hydrogen-bond donors (Lipinski definition) is 1. The Morgan fingerprint density at radius 3 is 2.47 bits per heavy atom. The Morgan fingerprint density at radius 1 is 1.07 bits per heavy atom. The van der Waals surface area contributed by atoms with E-state index in [4.69, 9.17) is 11.6 Å². The van der Waals surface area contributed by atoms with Crippen molar-refractivity contribution in [1.29, 1.82) is 0 Å². The van der Waals surface area contributed by atoms with Gasteiger partial charge in [0.15, 0.2) is 0 Å². The van der Waals surface area contributed by atoms with Gasteiger partial charge in [-0.1, -0.05) is 29.8 Å². The fraction of sp³-hybridized carbons (Fsp3) is 0.136. The second kappa shape index (κ2) is 9.45. The zero-order chi connectivity index (χ0) is 21.7. The molecule has 0 saturated carbocycles. The maximum atomic E-state index is 14.3. The number of nitrogens with one attached hydrogen (secondary N) is 1. The Labute approximate surface area is 177 Å². The van der Waals surface area contributed by atoms with Gasteiger partial charge in [0.2, 0.25) is 5.91 Å². The molecule has 0 radical (unpaired) electrons.